The molecule has 1 N–H and O–H groups in total. The molecule has 2 saturated heterocycles. The smallest absolute Gasteiger partial charge is 0.335 e. The molecule has 5 heteroatoms. The second-order valence-corrected chi connectivity index (χ2v) is 5.43. The van der Waals surface area contributed by atoms with E-state index in [4.69, 9.17) is 5.11 Å². The number of fused-ring (bicyclic) bond motifs is 1. The summed E-state index contributed by atoms with van der Waals surface area (Å²) in [6.45, 7) is 4.04. The maximum atomic E-state index is 11.0. The highest BCUT2D eigenvalue weighted by Crippen LogP contribution is 2.28. The van der Waals surface area contributed by atoms with Gasteiger partial charge in [0.15, 0.2) is 0 Å². The fourth-order valence-electron chi connectivity index (χ4n) is 3.24. The van der Waals surface area contributed by atoms with E-state index >= 15 is 0 Å². The number of piperazine rings is 1. The van der Waals surface area contributed by atoms with Crippen LogP contribution >= 0.6 is 0 Å². The minimum Gasteiger partial charge on any atom is -0.478 e. The largest absolute Gasteiger partial charge is 0.478 e. The minimum atomic E-state index is -0.992. The number of benzene rings is 1. The maximum absolute atomic E-state index is 11.0. The van der Waals surface area contributed by atoms with Gasteiger partial charge in [0.1, 0.15) is 6.07 Å². The second-order valence-electron chi connectivity index (χ2n) is 5.43. The molecule has 2 aliphatic rings. The van der Waals surface area contributed by atoms with Crippen molar-refractivity contribution in [2.24, 2.45) is 0 Å². The average molecular weight is 271 g/mol. The number of aromatic carboxylic acids is 1. The van der Waals surface area contributed by atoms with Crippen LogP contribution < -0.4 is 4.90 Å². The van der Waals surface area contributed by atoms with Crippen LogP contribution in [-0.2, 0) is 0 Å². The topological polar surface area (TPSA) is 67.6 Å². The van der Waals surface area contributed by atoms with E-state index in [1.807, 2.05) is 0 Å². The van der Waals surface area contributed by atoms with Crippen molar-refractivity contribution in [2.75, 3.05) is 31.1 Å². The van der Waals surface area contributed by atoms with Gasteiger partial charge in [-0.15, -0.1) is 0 Å². The summed E-state index contributed by atoms with van der Waals surface area (Å²) in [7, 11) is 0. The highest BCUT2D eigenvalue weighted by molar-refractivity contribution is 5.89. The molecule has 104 valence electrons. The molecule has 0 radical (unpaired) electrons. The third-order valence-corrected chi connectivity index (χ3v) is 4.29. The Labute approximate surface area is 118 Å². The molecule has 0 aromatic heterocycles. The molecule has 1 atom stereocenters. The lowest BCUT2D eigenvalue weighted by Gasteiger charge is -2.39. The van der Waals surface area contributed by atoms with E-state index in [1.54, 1.807) is 12.1 Å². The molecule has 0 spiro atoms. The van der Waals surface area contributed by atoms with Gasteiger partial charge in [-0.2, -0.15) is 5.26 Å². The van der Waals surface area contributed by atoms with Gasteiger partial charge in [-0.3, -0.25) is 4.90 Å². The quantitative estimate of drug-likeness (QED) is 0.883. The third kappa shape index (κ3) is 2.23. The van der Waals surface area contributed by atoms with Crippen LogP contribution in [0.4, 0.5) is 5.69 Å². The van der Waals surface area contributed by atoms with Crippen LogP contribution in [0.2, 0.25) is 0 Å². The van der Waals surface area contributed by atoms with Crippen LogP contribution in [0, 0.1) is 11.3 Å². The van der Waals surface area contributed by atoms with E-state index in [9.17, 15) is 10.1 Å². The first-order chi connectivity index (χ1) is 9.69. The molecule has 2 heterocycles. The standard InChI is InChI=1S/C15H17N3O2/c16-9-12-8-11(15(19)20)3-4-14(12)18-7-6-17-5-1-2-13(17)10-18/h3-4,8,13H,1-2,5-7,10H2,(H,19,20). The van der Waals surface area contributed by atoms with Gasteiger partial charge in [-0.05, 0) is 37.6 Å². The Morgan fingerprint density at radius 2 is 2.20 bits per heavy atom. The Balaban J connectivity index is 1.86. The monoisotopic (exact) mass is 271 g/mol. The summed E-state index contributed by atoms with van der Waals surface area (Å²) < 4.78 is 0. The van der Waals surface area contributed by atoms with Gasteiger partial charge in [0, 0.05) is 25.7 Å². The zero-order valence-corrected chi connectivity index (χ0v) is 11.2. The van der Waals surface area contributed by atoms with E-state index in [0.29, 0.717) is 11.6 Å². The molecule has 0 amide bonds. The maximum Gasteiger partial charge on any atom is 0.335 e. The van der Waals surface area contributed by atoms with E-state index in [1.165, 1.54) is 25.5 Å². The number of nitriles is 1. The van der Waals surface area contributed by atoms with Crippen LogP contribution in [0.15, 0.2) is 18.2 Å². The Hall–Kier alpha value is -2.06. The van der Waals surface area contributed by atoms with Crippen LogP contribution in [0.5, 0.6) is 0 Å². The Morgan fingerprint density at radius 3 is 2.95 bits per heavy atom. The lowest BCUT2D eigenvalue weighted by atomic mass is 10.1. The third-order valence-electron chi connectivity index (χ3n) is 4.29. The highest BCUT2D eigenvalue weighted by atomic mass is 16.4. The van der Waals surface area contributed by atoms with Gasteiger partial charge in [0.25, 0.3) is 0 Å². The predicted molar refractivity (Wildman–Crippen MR) is 74.9 cm³/mol. The highest BCUT2D eigenvalue weighted by Gasteiger charge is 2.31. The van der Waals surface area contributed by atoms with Gasteiger partial charge >= 0.3 is 5.97 Å². The Bertz CT molecular complexity index is 579. The molecule has 1 aromatic rings. The summed E-state index contributed by atoms with van der Waals surface area (Å²) in [6.07, 6.45) is 2.47. The fourth-order valence-corrected chi connectivity index (χ4v) is 3.24. The molecule has 0 saturated carbocycles. The summed E-state index contributed by atoms with van der Waals surface area (Å²) in [4.78, 5) is 15.7. The number of nitrogens with zero attached hydrogens (tertiary/aromatic N) is 3. The number of hydrogen-bond acceptors (Lipinski definition) is 4. The van der Waals surface area contributed by atoms with Gasteiger partial charge in [-0.1, -0.05) is 0 Å². The molecule has 2 fully saturated rings. The summed E-state index contributed by atoms with van der Waals surface area (Å²) >= 11 is 0. The molecule has 0 aliphatic carbocycles. The van der Waals surface area contributed by atoms with Gasteiger partial charge < -0.3 is 10.0 Å². The fraction of sp³-hybridized carbons (Fsp3) is 0.467. The van der Waals surface area contributed by atoms with Crippen molar-refractivity contribution in [2.45, 2.75) is 18.9 Å². The normalized spacial score (nSPS) is 22.4. The lowest BCUT2D eigenvalue weighted by molar-refractivity contribution is 0.0697. The van der Waals surface area contributed by atoms with Crippen LogP contribution in [0.25, 0.3) is 0 Å². The Morgan fingerprint density at radius 1 is 1.35 bits per heavy atom. The predicted octanol–water partition coefficient (Wildman–Crippen LogP) is 1.54. The summed E-state index contributed by atoms with van der Waals surface area (Å²) in [5.41, 5.74) is 1.49. The number of anilines is 1. The van der Waals surface area contributed by atoms with Crippen LogP contribution in [0.1, 0.15) is 28.8 Å². The van der Waals surface area contributed by atoms with Crippen molar-refractivity contribution in [3.05, 3.63) is 29.3 Å². The zero-order valence-electron chi connectivity index (χ0n) is 11.2. The van der Waals surface area contributed by atoms with E-state index in [0.717, 1.165) is 25.3 Å². The molecule has 1 unspecified atom stereocenters. The number of carboxylic acids is 1. The van der Waals surface area contributed by atoms with E-state index in [2.05, 4.69) is 15.9 Å². The first kappa shape index (κ1) is 12.9. The van der Waals surface area contributed by atoms with E-state index < -0.39 is 5.97 Å². The second kappa shape index (κ2) is 5.14. The molecule has 0 bridgehead atoms. The zero-order chi connectivity index (χ0) is 14.1. The summed E-state index contributed by atoms with van der Waals surface area (Å²) in [5, 5.41) is 18.3. The summed E-state index contributed by atoms with van der Waals surface area (Å²) in [6, 6.07) is 7.53. The van der Waals surface area contributed by atoms with Gasteiger partial charge in [0.05, 0.1) is 16.8 Å². The van der Waals surface area contributed by atoms with Crippen molar-refractivity contribution in [3.8, 4) is 6.07 Å². The minimum absolute atomic E-state index is 0.171. The number of carboxylic acid groups (broad SMARTS) is 1. The molecule has 20 heavy (non-hydrogen) atoms. The summed E-state index contributed by atoms with van der Waals surface area (Å²) in [5.74, 6) is -0.992. The van der Waals surface area contributed by atoms with Gasteiger partial charge in [0.2, 0.25) is 0 Å². The number of rotatable bonds is 2. The van der Waals surface area contributed by atoms with Crippen LogP contribution in [-0.4, -0.2) is 48.2 Å². The molecular weight excluding hydrogens is 254 g/mol. The molecule has 3 rings (SSSR count). The molecule has 5 nitrogen and oxygen atoms in total. The van der Waals surface area contributed by atoms with Crippen molar-refractivity contribution in [1.82, 2.24) is 4.90 Å². The van der Waals surface area contributed by atoms with Crippen molar-refractivity contribution in [3.63, 3.8) is 0 Å². The molecular formula is C15H17N3O2. The van der Waals surface area contributed by atoms with E-state index in [-0.39, 0.29) is 5.56 Å². The lowest BCUT2D eigenvalue weighted by Crippen LogP contribution is -2.50. The SMILES string of the molecule is N#Cc1cc(C(=O)O)ccc1N1CCN2CCCC2C1. The first-order valence-corrected chi connectivity index (χ1v) is 6.95. The molecule has 1 aromatic carbocycles. The van der Waals surface area contributed by atoms with Crippen molar-refractivity contribution >= 4 is 11.7 Å². The van der Waals surface area contributed by atoms with Crippen LogP contribution in [0.3, 0.4) is 0 Å². The van der Waals surface area contributed by atoms with Gasteiger partial charge in [-0.25, -0.2) is 4.79 Å². The van der Waals surface area contributed by atoms with Crippen molar-refractivity contribution < 1.29 is 9.90 Å². The average Bonchev–Trinajstić information content (AvgIpc) is 2.93. The molecule has 2 aliphatic heterocycles. The first-order valence-electron chi connectivity index (χ1n) is 6.95. The number of hydrogen-bond donors (Lipinski definition) is 1. The number of carbonyl (C=O) groups is 1. The van der Waals surface area contributed by atoms with Crippen molar-refractivity contribution in [1.29, 1.82) is 5.26 Å². The Kier molecular flexibility index (Phi) is 3.33.